The molecule has 0 radical (unpaired) electrons. The molecule has 1 saturated carbocycles. The van der Waals surface area contributed by atoms with Gasteiger partial charge in [-0.25, -0.2) is 4.39 Å². The highest BCUT2D eigenvalue weighted by molar-refractivity contribution is 6.31. The lowest BCUT2D eigenvalue weighted by atomic mass is 10.1. The van der Waals surface area contributed by atoms with E-state index in [4.69, 9.17) is 17.3 Å². The van der Waals surface area contributed by atoms with E-state index >= 15 is 0 Å². The summed E-state index contributed by atoms with van der Waals surface area (Å²) in [4.78, 5) is 2.25. The SMILES string of the molecule is CC(c1c(F)cccc1Cl)N(CCN)C1CC1. The summed E-state index contributed by atoms with van der Waals surface area (Å²) in [5.41, 5.74) is 6.21. The van der Waals surface area contributed by atoms with Gasteiger partial charge in [-0.15, -0.1) is 0 Å². The fourth-order valence-electron chi connectivity index (χ4n) is 2.32. The number of nitrogens with two attached hydrogens (primary N) is 1. The maximum atomic E-state index is 13.8. The molecule has 4 heteroatoms. The van der Waals surface area contributed by atoms with Crippen molar-refractivity contribution in [3.05, 3.63) is 34.6 Å². The Bertz CT molecular complexity index is 373. The molecule has 0 aromatic heterocycles. The van der Waals surface area contributed by atoms with Crippen molar-refractivity contribution in [2.24, 2.45) is 5.73 Å². The highest BCUT2D eigenvalue weighted by Crippen LogP contribution is 2.37. The van der Waals surface area contributed by atoms with Gasteiger partial charge in [0.15, 0.2) is 0 Å². The van der Waals surface area contributed by atoms with Crippen LogP contribution in [0.3, 0.4) is 0 Å². The van der Waals surface area contributed by atoms with Gasteiger partial charge in [-0.05, 0) is 31.9 Å². The maximum Gasteiger partial charge on any atom is 0.129 e. The molecule has 2 nitrogen and oxygen atoms in total. The van der Waals surface area contributed by atoms with Crippen LogP contribution < -0.4 is 5.73 Å². The minimum atomic E-state index is -0.229. The predicted molar refractivity (Wildman–Crippen MR) is 68.6 cm³/mol. The monoisotopic (exact) mass is 256 g/mol. The average molecular weight is 257 g/mol. The first-order chi connectivity index (χ1) is 8.15. The highest BCUT2D eigenvalue weighted by Gasteiger charge is 2.33. The summed E-state index contributed by atoms with van der Waals surface area (Å²) >= 11 is 6.10. The van der Waals surface area contributed by atoms with Crippen LogP contribution in [0.1, 0.15) is 31.4 Å². The minimum absolute atomic E-state index is 0.0141. The number of nitrogens with zero attached hydrogens (tertiary/aromatic N) is 1. The van der Waals surface area contributed by atoms with Crippen molar-refractivity contribution in [1.82, 2.24) is 4.90 Å². The molecule has 0 amide bonds. The molecule has 1 unspecified atom stereocenters. The zero-order chi connectivity index (χ0) is 12.4. The van der Waals surface area contributed by atoms with E-state index in [1.165, 1.54) is 18.9 Å². The molecule has 1 aromatic rings. The van der Waals surface area contributed by atoms with Crippen molar-refractivity contribution in [3.63, 3.8) is 0 Å². The third-order valence-electron chi connectivity index (χ3n) is 3.32. The first-order valence-electron chi connectivity index (χ1n) is 6.05. The molecule has 94 valence electrons. The van der Waals surface area contributed by atoms with Gasteiger partial charge in [0.25, 0.3) is 0 Å². The van der Waals surface area contributed by atoms with Crippen LogP contribution >= 0.6 is 11.6 Å². The summed E-state index contributed by atoms with van der Waals surface area (Å²) in [6.45, 7) is 3.38. The molecule has 0 aliphatic heterocycles. The van der Waals surface area contributed by atoms with E-state index in [-0.39, 0.29) is 11.9 Å². The Balaban J connectivity index is 2.24. The summed E-state index contributed by atoms with van der Waals surface area (Å²) < 4.78 is 13.8. The Morgan fingerprint density at radius 2 is 2.24 bits per heavy atom. The van der Waals surface area contributed by atoms with E-state index in [0.29, 0.717) is 23.2 Å². The smallest absolute Gasteiger partial charge is 0.129 e. The Morgan fingerprint density at radius 1 is 1.53 bits per heavy atom. The first kappa shape index (κ1) is 12.8. The third-order valence-corrected chi connectivity index (χ3v) is 3.65. The molecular formula is C13H18ClFN2. The first-order valence-corrected chi connectivity index (χ1v) is 6.42. The largest absolute Gasteiger partial charge is 0.329 e. The molecule has 17 heavy (non-hydrogen) atoms. The van der Waals surface area contributed by atoms with Crippen molar-refractivity contribution >= 4 is 11.6 Å². The minimum Gasteiger partial charge on any atom is -0.329 e. The van der Waals surface area contributed by atoms with E-state index in [1.54, 1.807) is 12.1 Å². The Morgan fingerprint density at radius 3 is 2.76 bits per heavy atom. The average Bonchev–Trinajstić information content (AvgIpc) is 3.09. The van der Waals surface area contributed by atoms with E-state index in [2.05, 4.69) is 4.90 Å². The van der Waals surface area contributed by atoms with Crippen LogP contribution in [0.4, 0.5) is 4.39 Å². The molecule has 0 spiro atoms. The topological polar surface area (TPSA) is 29.3 Å². The molecule has 2 rings (SSSR count). The van der Waals surface area contributed by atoms with Gasteiger partial charge in [-0.2, -0.15) is 0 Å². The van der Waals surface area contributed by atoms with Crippen molar-refractivity contribution in [1.29, 1.82) is 0 Å². The second-order valence-corrected chi connectivity index (χ2v) is 4.98. The third kappa shape index (κ3) is 2.79. The van der Waals surface area contributed by atoms with Gasteiger partial charge >= 0.3 is 0 Å². The molecule has 1 aliphatic rings. The number of halogens is 2. The Kier molecular flexibility index (Phi) is 4.02. The molecule has 1 atom stereocenters. The highest BCUT2D eigenvalue weighted by atomic mass is 35.5. The summed E-state index contributed by atoms with van der Waals surface area (Å²) in [5, 5.41) is 0.500. The molecule has 0 bridgehead atoms. The molecule has 0 saturated heterocycles. The van der Waals surface area contributed by atoms with Crippen molar-refractivity contribution in [2.45, 2.75) is 31.8 Å². The molecule has 1 aromatic carbocycles. The lowest BCUT2D eigenvalue weighted by Gasteiger charge is -2.29. The van der Waals surface area contributed by atoms with Crippen LogP contribution in [-0.4, -0.2) is 24.0 Å². The summed E-state index contributed by atoms with van der Waals surface area (Å²) in [6, 6.07) is 5.37. The molecule has 0 heterocycles. The fraction of sp³-hybridized carbons (Fsp3) is 0.538. The molecule has 1 aliphatic carbocycles. The van der Waals surface area contributed by atoms with Crippen LogP contribution in [-0.2, 0) is 0 Å². The maximum absolute atomic E-state index is 13.8. The fourth-order valence-corrected chi connectivity index (χ4v) is 2.64. The van der Waals surface area contributed by atoms with Crippen LogP contribution in [0.5, 0.6) is 0 Å². The summed E-state index contributed by atoms with van der Waals surface area (Å²) in [5.74, 6) is -0.229. The number of rotatable bonds is 5. The lowest BCUT2D eigenvalue weighted by Crippen LogP contribution is -2.34. The van der Waals surface area contributed by atoms with Crippen molar-refractivity contribution in [3.8, 4) is 0 Å². The standard InChI is InChI=1S/C13H18ClFN2/c1-9(17(8-7-16)10-5-6-10)13-11(14)3-2-4-12(13)15/h2-4,9-10H,5-8,16H2,1H3. The van der Waals surface area contributed by atoms with E-state index in [1.807, 2.05) is 6.92 Å². The quantitative estimate of drug-likeness (QED) is 0.878. The second-order valence-electron chi connectivity index (χ2n) is 4.57. The van der Waals surface area contributed by atoms with Gasteiger partial charge in [0, 0.05) is 35.8 Å². The van der Waals surface area contributed by atoms with Crippen LogP contribution in [0.25, 0.3) is 0 Å². The van der Waals surface area contributed by atoms with Gasteiger partial charge in [0.1, 0.15) is 5.82 Å². The van der Waals surface area contributed by atoms with Gasteiger partial charge < -0.3 is 5.73 Å². The number of hydrogen-bond acceptors (Lipinski definition) is 2. The molecular weight excluding hydrogens is 239 g/mol. The van der Waals surface area contributed by atoms with Crippen LogP contribution in [0.15, 0.2) is 18.2 Å². The normalized spacial score (nSPS) is 17.5. The van der Waals surface area contributed by atoms with Crippen LogP contribution in [0.2, 0.25) is 5.02 Å². The van der Waals surface area contributed by atoms with Gasteiger partial charge in [-0.1, -0.05) is 17.7 Å². The lowest BCUT2D eigenvalue weighted by molar-refractivity contribution is 0.202. The van der Waals surface area contributed by atoms with Gasteiger partial charge in [-0.3, -0.25) is 4.90 Å². The second kappa shape index (κ2) is 5.34. The zero-order valence-corrected chi connectivity index (χ0v) is 10.8. The molecule has 1 fully saturated rings. The van der Waals surface area contributed by atoms with Crippen molar-refractivity contribution < 1.29 is 4.39 Å². The number of hydrogen-bond donors (Lipinski definition) is 1. The molecule has 2 N–H and O–H groups in total. The number of benzene rings is 1. The Labute approximate surface area is 107 Å². The van der Waals surface area contributed by atoms with Gasteiger partial charge in [0.05, 0.1) is 0 Å². The summed E-state index contributed by atoms with van der Waals surface area (Å²) in [7, 11) is 0. The predicted octanol–water partition coefficient (Wildman–Crippen LogP) is 2.96. The van der Waals surface area contributed by atoms with Gasteiger partial charge in [0.2, 0.25) is 0 Å². The van der Waals surface area contributed by atoms with E-state index in [9.17, 15) is 4.39 Å². The van der Waals surface area contributed by atoms with E-state index in [0.717, 1.165) is 6.54 Å². The van der Waals surface area contributed by atoms with Crippen molar-refractivity contribution in [2.75, 3.05) is 13.1 Å². The zero-order valence-electron chi connectivity index (χ0n) is 10.00. The van der Waals surface area contributed by atoms with Crippen LogP contribution in [0, 0.1) is 5.82 Å². The summed E-state index contributed by atoms with van der Waals surface area (Å²) in [6.07, 6.45) is 2.35. The van der Waals surface area contributed by atoms with E-state index < -0.39 is 0 Å². The Hall–Kier alpha value is -0.640.